The largest absolute Gasteiger partial charge is 0.377 e. The zero-order chi connectivity index (χ0) is 13.8. The minimum absolute atomic E-state index is 0.0862. The van der Waals surface area contributed by atoms with E-state index in [1.165, 1.54) is 0 Å². The van der Waals surface area contributed by atoms with Crippen LogP contribution in [0.4, 0.5) is 0 Å². The van der Waals surface area contributed by atoms with E-state index in [1.807, 2.05) is 30.3 Å². The van der Waals surface area contributed by atoms with Crippen LogP contribution in [0.5, 0.6) is 0 Å². The van der Waals surface area contributed by atoms with Crippen LogP contribution in [0, 0.1) is 0 Å². The van der Waals surface area contributed by atoms with E-state index in [9.17, 15) is 4.79 Å². The molecule has 0 radical (unpaired) electrons. The third-order valence-corrected chi connectivity index (χ3v) is 3.56. The molecule has 19 heavy (non-hydrogen) atoms. The molecule has 1 aromatic carbocycles. The summed E-state index contributed by atoms with van der Waals surface area (Å²) in [5.74, 6) is -0.0900. The van der Waals surface area contributed by atoms with Crippen molar-refractivity contribution in [3.63, 3.8) is 0 Å². The van der Waals surface area contributed by atoms with E-state index in [1.54, 1.807) is 19.1 Å². The summed E-state index contributed by atoms with van der Waals surface area (Å²) in [4.78, 5) is 14.1. The molecule has 5 nitrogen and oxygen atoms in total. The molecule has 2 N–H and O–H groups in total. The molecule has 0 spiro atoms. The minimum Gasteiger partial charge on any atom is -0.377 e. The van der Waals surface area contributed by atoms with Gasteiger partial charge in [-0.1, -0.05) is 30.3 Å². The van der Waals surface area contributed by atoms with Gasteiger partial charge in [-0.15, -0.1) is 0 Å². The summed E-state index contributed by atoms with van der Waals surface area (Å²) in [6.07, 6.45) is -0.172. The predicted octanol–water partition coefficient (Wildman–Crippen LogP) is 0.559. The first-order valence-electron chi connectivity index (χ1n) is 6.32. The topological polar surface area (TPSA) is 64.8 Å². The summed E-state index contributed by atoms with van der Waals surface area (Å²) < 4.78 is 10.6. The molecule has 3 unspecified atom stereocenters. The average molecular weight is 264 g/mol. The number of nitrogens with zero attached hydrogens (tertiary/aromatic N) is 1. The van der Waals surface area contributed by atoms with Gasteiger partial charge in [0.05, 0.1) is 0 Å². The molecule has 1 aromatic rings. The predicted molar refractivity (Wildman–Crippen MR) is 71.5 cm³/mol. The number of nitrogens with two attached hydrogens (primary N) is 1. The lowest BCUT2D eigenvalue weighted by atomic mass is 10.1. The van der Waals surface area contributed by atoms with Gasteiger partial charge in [0.2, 0.25) is 5.91 Å². The zero-order valence-electron chi connectivity index (χ0n) is 11.3. The van der Waals surface area contributed by atoms with Crippen molar-refractivity contribution < 1.29 is 14.3 Å². The second-order valence-electron chi connectivity index (χ2n) is 4.68. The first-order chi connectivity index (χ1) is 9.17. The fourth-order valence-electron chi connectivity index (χ4n) is 2.38. The highest BCUT2D eigenvalue weighted by atomic mass is 16.5. The summed E-state index contributed by atoms with van der Waals surface area (Å²) >= 11 is 0. The molecule has 1 heterocycles. The number of ether oxygens (including phenoxy) is 2. The van der Waals surface area contributed by atoms with Gasteiger partial charge in [0.1, 0.15) is 18.2 Å². The molecule has 5 heteroatoms. The van der Waals surface area contributed by atoms with Crippen molar-refractivity contribution in [2.24, 2.45) is 5.73 Å². The Bertz CT molecular complexity index is 412. The quantitative estimate of drug-likeness (QED) is 0.863. The van der Waals surface area contributed by atoms with E-state index in [0.717, 1.165) is 5.56 Å². The molecule has 0 aliphatic carbocycles. The summed E-state index contributed by atoms with van der Waals surface area (Å²) in [5, 5.41) is 0. The Morgan fingerprint density at radius 2 is 1.74 bits per heavy atom. The molecule has 1 aliphatic rings. The van der Waals surface area contributed by atoms with Crippen LogP contribution >= 0.6 is 0 Å². The van der Waals surface area contributed by atoms with Gasteiger partial charge < -0.3 is 20.1 Å². The number of carbonyl (C=O) groups is 1. The van der Waals surface area contributed by atoms with E-state index in [4.69, 9.17) is 15.2 Å². The highest BCUT2D eigenvalue weighted by Gasteiger charge is 2.37. The Hall–Kier alpha value is -1.43. The van der Waals surface area contributed by atoms with Crippen molar-refractivity contribution in [2.45, 2.75) is 18.2 Å². The Labute approximate surface area is 113 Å². The maximum atomic E-state index is 12.4. The standard InChI is InChI=1S/C14H20N2O3/c1-18-11-8-16(9-12(11)19-2)14(17)13(15)10-6-4-3-5-7-10/h3-7,11-13H,8-9,15H2,1-2H3. The Morgan fingerprint density at radius 1 is 1.21 bits per heavy atom. The van der Waals surface area contributed by atoms with Crippen LogP contribution in [-0.4, -0.2) is 50.3 Å². The number of hydrogen-bond donors (Lipinski definition) is 1. The van der Waals surface area contributed by atoms with E-state index >= 15 is 0 Å². The van der Waals surface area contributed by atoms with Gasteiger partial charge in [0.15, 0.2) is 0 Å². The molecule has 2 rings (SSSR count). The van der Waals surface area contributed by atoms with Gasteiger partial charge >= 0.3 is 0 Å². The van der Waals surface area contributed by atoms with Crippen molar-refractivity contribution in [1.82, 2.24) is 4.90 Å². The summed E-state index contributed by atoms with van der Waals surface area (Å²) in [6.45, 7) is 1.04. The Kier molecular flexibility index (Phi) is 4.52. The van der Waals surface area contributed by atoms with Crippen LogP contribution in [0.2, 0.25) is 0 Å². The lowest BCUT2D eigenvalue weighted by Crippen LogP contribution is -2.37. The third kappa shape index (κ3) is 2.94. The van der Waals surface area contributed by atoms with Gasteiger partial charge in [-0.25, -0.2) is 0 Å². The molecular weight excluding hydrogens is 244 g/mol. The molecule has 1 aliphatic heterocycles. The Balaban J connectivity index is 2.05. The number of rotatable bonds is 4. The minimum atomic E-state index is -0.630. The van der Waals surface area contributed by atoms with Crippen LogP contribution in [0.3, 0.4) is 0 Å². The molecule has 1 saturated heterocycles. The van der Waals surface area contributed by atoms with Gasteiger partial charge in [0, 0.05) is 27.3 Å². The van der Waals surface area contributed by atoms with Crippen molar-refractivity contribution in [3.05, 3.63) is 35.9 Å². The van der Waals surface area contributed by atoms with Crippen molar-refractivity contribution in [2.75, 3.05) is 27.3 Å². The van der Waals surface area contributed by atoms with Crippen molar-refractivity contribution in [1.29, 1.82) is 0 Å². The number of carbonyl (C=O) groups excluding carboxylic acids is 1. The average Bonchev–Trinajstić information content (AvgIpc) is 2.89. The molecule has 0 saturated carbocycles. The molecule has 104 valence electrons. The molecule has 0 bridgehead atoms. The number of amides is 1. The highest BCUT2D eigenvalue weighted by molar-refractivity contribution is 5.83. The summed E-state index contributed by atoms with van der Waals surface area (Å²) in [6, 6.07) is 8.75. The molecule has 0 aromatic heterocycles. The third-order valence-electron chi connectivity index (χ3n) is 3.56. The van der Waals surface area contributed by atoms with Gasteiger partial charge in [0.25, 0.3) is 0 Å². The van der Waals surface area contributed by atoms with Crippen LogP contribution in [0.25, 0.3) is 0 Å². The van der Waals surface area contributed by atoms with Crippen molar-refractivity contribution in [3.8, 4) is 0 Å². The number of likely N-dealkylation sites (tertiary alicyclic amines) is 1. The summed E-state index contributed by atoms with van der Waals surface area (Å²) in [7, 11) is 3.25. The van der Waals surface area contributed by atoms with E-state index in [-0.39, 0.29) is 18.1 Å². The fourth-order valence-corrected chi connectivity index (χ4v) is 2.38. The van der Waals surface area contributed by atoms with Crippen LogP contribution in [0.15, 0.2) is 30.3 Å². The molecule has 1 amide bonds. The smallest absolute Gasteiger partial charge is 0.244 e. The second kappa shape index (κ2) is 6.14. The van der Waals surface area contributed by atoms with Crippen LogP contribution < -0.4 is 5.73 Å². The van der Waals surface area contributed by atoms with E-state index < -0.39 is 6.04 Å². The second-order valence-corrected chi connectivity index (χ2v) is 4.68. The SMILES string of the molecule is COC1CN(C(=O)C(N)c2ccccc2)CC1OC. The van der Waals surface area contributed by atoms with Crippen LogP contribution in [-0.2, 0) is 14.3 Å². The molecule has 1 fully saturated rings. The maximum absolute atomic E-state index is 12.4. The van der Waals surface area contributed by atoms with Gasteiger partial charge in [-0.2, -0.15) is 0 Å². The molecular formula is C14H20N2O3. The first kappa shape index (κ1) is 14.0. The maximum Gasteiger partial charge on any atom is 0.244 e. The number of hydrogen-bond acceptors (Lipinski definition) is 4. The monoisotopic (exact) mass is 264 g/mol. The number of methoxy groups -OCH3 is 2. The number of benzene rings is 1. The van der Waals surface area contributed by atoms with Gasteiger partial charge in [-0.05, 0) is 5.56 Å². The lowest BCUT2D eigenvalue weighted by Gasteiger charge is -2.20. The van der Waals surface area contributed by atoms with E-state index in [2.05, 4.69) is 0 Å². The Morgan fingerprint density at radius 3 is 2.21 bits per heavy atom. The normalized spacial score (nSPS) is 24.5. The first-order valence-corrected chi connectivity index (χ1v) is 6.32. The summed E-state index contributed by atoms with van der Waals surface area (Å²) in [5.41, 5.74) is 6.84. The van der Waals surface area contributed by atoms with Gasteiger partial charge in [-0.3, -0.25) is 4.79 Å². The fraction of sp³-hybridized carbons (Fsp3) is 0.500. The van der Waals surface area contributed by atoms with Crippen molar-refractivity contribution >= 4 is 5.91 Å². The molecule has 3 atom stereocenters. The van der Waals surface area contributed by atoms with Crippen LogP contribution in [0.1, 0.15) is 11.6 Å². The highest BCUT2D eigenvalue weighted by Crippen LogP contribution is 2.20. The zero-order valence-corrected chi connectivity index (χ0v) is 11.3. The van der Waals surface area contributed by atoms with E-state index in [0.29, 0.717) is 13.1 Å². The lowest BCUT2D eigenvalue weighted by molar-refractivity contribution is -0.132.